The van der Waals surface area contributed by atoms with Crippen LogP contribution in [-0.2, 0) is 6.54 Å². The molecule has 2 bridgehead atoms. The minimum absolute atomic E-state index is 0.509. The Labute approximate surface area is 187 Å². The molecule has 5 heteroatoms. The van der Waals surface area contributed by atoms with Crippen molar-refractivity contribution in [2.75, 3.05) is 20.2 Å². The van der Waals surface area contributed by atoms with Crippen LogP contribution in [0, 0.1) is 0 Å². The van der Waals surface area contributed by atoms with Gasteiger partial charge < -0.3 is 9.47 Å². The van der Waals surface area contributed by atoms with Crippen molar-refractivity contribution in [1.82, 2.24) is 14.9 Å². The molecular weight excluding hydrogens is 398 g/mol. The number of nitrogens with zero attached hydrogens (tertiary/aromatic N) is 3. The molecule has 5 nitrogen and oxygen atoms in total. The zero-order valence-electron chi connectivity index (χ0n) is 18.1. The summed E-state index contributed by atoms with van der Waals surface area (Å²) < 4.78 is 11.1. The molecule has 0 unspecified atom stereocenters. The standard InChI is InChI=1S/C27H25N3O2/c1-31-21-7-9-22(10-8-21)32-27-14-28-25-12-23-19-11-20(24(23)13-26(25)29-27)17-30(16-19)15-18-5-3-2-4-6-18/h2-10,12-14,19-20H,11,15-17H2,1H3/t19-,20+/m1/s1. The fourth-order valence-corrected chi connectivity index (χ4v) is 5.21. The first-order valence-electron chi connectivity index (χ1n) is 11.1. The quantitative estimate of drug-likeness (QED) is 0.423. The van der Waals surface area contributed by atoms with Crippen molar-refractivity contribution in [2.24, 2.45) is 0 Å². The van der Waals surface area contributed by atoms with Gasteiger partial charge in [0.25, 0.3) is 0 Å². The van der Waals surface area contributed by atoms with E-state index in [9.17, 15) is 0 Å². The summed E-state index contributed by atoms with van der Waals surface area (Å²) in [4.78, 5) is 12.0. The Kier molecular flexibility index (Phi) is 4.76. The van der Waals surface area contributed by atoms with E-state index in [4.69, 9.17) is 14.5 Å². The first kappa shape index (κ1) is 19.3. The summed E-state index contributed by atoms with van der Waals surface area (Å²) in [5.41, 5.74) is 6.11. The van der Waals surface area contributed by atoms with Gasteiger partial charge in [0.2, 0.25) is 5.88 Å². The third kappa shape index (κ3) is 3.59. The molecule has 0 N–H and O–H groups in total. The molecule has 1 aromatic heterocycles. The predicted octanol–water partition coefficient (Wildman–Crippen LogP) is 5.52. The van der Waals surface area contributed by atoms with Crippen LogP contribution in [0.15, 0.2) is 72.9 Å². The Morgan fingerprint density at radius 2 is 1.56 bits per heavy atom. The lowest BCUT2D eigenvalue weighted by Crippen LogP contribution is -2.34. The fourth-order valence-electron chi connectivity index (χ4n) is 5.21. The van der Waals surface area contributed by atoms with Crippen LogP contribution in [0.3, 0.4) is 0 Å². The molecule has 0 spiro atoms. The lowest BCUT2D eigenvalue weighted by atomic mass is 9.95. The van der Waals surface area contributed by atoms with Gasteiger partial charge in [-0.15, -0.1) is 0 Å². The van der Waals surface area contributed by atoms with Crippen molar-refractivity contribution in [3.8, 4) is 17.4 Å². The molecule has 1 saturated heterocycles. The summed E-state index contributed by atoms with van der Waals surface area (Å²) >= 11 is 0. The fraction of sp³-hybridized carbons (Fsp3) is 0.259. The van der Waals surface area contributed by atoms with Gasteiger partial charge >= 0.3 is 0 Å². The number of aromatic nitrogens is 2. The van der Waals surface area contributed by atoms with Gasteiger partial charge in [0.1, 0.15) is 11.5 Å². The molecule has 0 saturated carbocycles. The van der Waals surface area contributed by atoms with E-state index in [1.165, 1.54) is 23.1 Å². The zero-order valence-corrected chi connectivity index (χ0v) is 18.1. The Hall–Kier alpha value is -3.44. The molecule has 1 fully saturated rings. The molecule has 3 aromatic carbocycles. The number of rotatable bonds is 5. The Morgan fingerprint density at radius 3 is 2.28 bits per heavy atom. The van der Waals surface area contributed by atoms with Crippen LogP contribution in [0.5, 0.6) is 17.4 Å². The Morgan fingerprint density at radius 1 is 0.875 bits per heavy atom. The van der Waals surface area contributed by atoms with Crippen LogP contribution in [-0.4, -0.2) is 35.1 Å². The summed E-state index contributed by atoms with van der Waals surface area (Å²) in [5.74, 6) is 3.16. The number of likely N-dealkylation sites (tertiary alicyclic amines) is 1. The first-order chi connectivity index (χ1) is 15.7. The Bertz CT molecular complexity index is 1260. The molecule has 1 aliphatic carbocycles. The van der Waals surface area contributed by atoms with Crippen molar-refractivity contribution in [1.29, 1.82) is 0 Å². The van der Waals surface area contributed by atoms with E-state index < -0.39 is 0 Å². The van der Waals surface area contributed by atoms with E-state index in [1.54, 1.807) is 13.3 Å². The monoisotopic (exact) mass is 423 g/mol. The average Bonchev–Trinajstić information content (AvgIpc) is 3.08. The molecule has 2 heterocycles. The van der Waals surface area contributed by atoms with Crippen molar-refractivity contribution in [3.05, 3.63) is 89.6 Å². The number of methoxy groups -OCH3 is 1. The van der Waals surface area contributed by atoms with Crippen LogP contribution in [0.2, 0.25) is 0 Å². The second-order valence-electron chi connectivity index (χ2n) is 8.76. The predicted molar refractivity (Wildman–Crippen MR) is 124 cm³/mol. The average molecular weight is 424 g/mol. The topological polar surface area (TPSA) is 47.5 Å². The second-order valence-corrected chi connectivity index (χ2v) is 8.76. The number of piperidine rings is 1. The van der Waals surface area contributed by atoms with Gasteiger partial charge in [0.15, 0.2) is 0 Å². The van der Waals surface area contributed by atoms with E-state index >= 15 is 0 Å². The lowest BCUT2D eigenvalue weighted by Gasteiger charge is -2.32. The first-order valence-corrected chi connectivity index (χ1v) is 11.1. The molecule has 160 valence electrons. The second kappa shape index (κ2) is 7.92. The molecule has 2 atom stereocenters. The number of benzene rings is 3. The molecule has 0 amide bonds. The molecule has 32 heavy (non-hydrogen) atoms. The van der Waals surface area contributed by atoms with Gasteiger partial charge in [0, 0.05) is 19.6 Å². The molecule has 6 rings (SSSR count). The highest BCUT2D eigenvalue weighted by Crippen LogP contribution is 2.47. The van der Waals surface area contributed by atoms with Gasteiger partial charge in [-0.1, -0.05) is 30.3 Å². The summed E-state index contributed by atoms with van der Waals surface area (Å²) in [6.07, 6.45) is 2.94. The van der Waals surface area contributed by atoms with Gasteiger partial charge in [0.05, 0.1) is 24.3 Å². The van der Waals surface area contributed by atoms with Gasteiger partial charge in [-0.05, 0) is 71.3 Å². The third-order valence-electron chi connectivity index (χ3n) is 6.66. The molecule has 1 aliphatic heterocycles. The Balaban J connectivity index is 1.25. The molecule has 4 aromatic rings. The van der Waals surface area contributed by atoms with Crippen molar-refractivity contribution in [3.63, 3.8) is 0 Å². The zero-order chi connectivity index (χ0) is 21.5. The van der Waals surface area contributed by atoms with Crippen LogP contribution in [0.4, 0.5) is 0 Å². The minimum Gasteiger partial charge on any atom is -0.497 e. The van der Waals surface area contributed by atoms with E-state index in [-0.39, 0.29) is 0 Å². The van der Waals surface area contributed by atoms with Crippen molar-refractivity contribution < 1.29 is 9.47 Å². The maximum atomic E-state index is 5.94. The molecular formula is C27H25N3O2. The van der Waals surface area contributed by atoms with Gasteiger partial charge in [-0.2, -0.15) is 0 Å². The maximum Gasteiger partial charge on any atom is 0.238 e. The van der Waals surface area contributed by atoms with E-state index in [2.05, 4.69) is 52.3 Å². The summed E-state index contributed by atoms with van der Waals surface area (Å²) in [6.45, 7) is 3.22. The van der Waals surface area contributed by atoms with Crippen LogP contribution >= 0.6 is 0 Å². The number of hydrogen-bond acceptors (Lipinski definition) is 5. The molecule has 2 aliphatic rings. The smallest absolute Gasteiger partial charge is 0.238 e. The van der Waals surface area contributed by atoms with Crippen molar-refractivity contribution in [2.45, 2.75) is 24.8 Å². The van der Waals surface area contributed by atoms with Crippen LogP contribution < -0.4 is 9.47 Å². The normalized spacial score (nSPS) is 19.7. The van der Waals surface area contributed by atoms with E-state index in [0.29, 0.717) is 23.5 Å². The van der Waals surface area contributed by atoms with Crippen LogP contribution in [0.25, 0.3) is 11.0 Å². The highest BCUT2D eigenvalue weighted by molar-refractivity contribution is 5.78. The highest BCUT2D eigenvalue weighted by atomic mass is 16.5. The summed E-state index contributed by atoms with van der Waals surface area (Å²) in [7, 11) is 1.65. The lowest BCUT2D eigenvalue weighted by molar-refractivity contribution is 0.195. The SMILES string of the molecule is COc1ccc(Oc2cnc3cc4c(cc3n2)[C@H]2C[C@@H]4CN(Cc3ccccc3)C2)cc1. The highest BCUT2D eigenvalue weighted by Gasteiger charge is 2.38. The van der Waals surface area contributed by atoms with E-state index in [1.807, 2.05) is 24.3 Å². The summed E-state index contributed by atoms with van der Waals surface area (Å²) in [5, 5.41) is 0. The van der Waals surface area contributed by atoms with E-state index in [0.717, 1.165) is 36.4 Å². The van der Waals surface area contributed by atoms with Crippen LogP contribution in [0.1, 0.15) is 34.9 Å². The molecule has 0 radical (unpaired) electrons. The largest absolute Gasteiger partial charge is 0.497 e. The van der Waals surface area contributed by atoms with Crippen molar-refractivity contribution >= 4 is 11.0 Å². The third-order valence-corrected chi connectivity index (χ3v) is 6.66. The number of ether oxygens (including phenoxy) is 2. The maximum absolute atomic E-state index is 5.94. The van der Waals surface area contributed by atoms with Gasteiger partial charge in [-0.25, -0.2) is 9.97 Å². The minimum atomic E-state index is 0.509. The summed E-state index contributed by atoms with van der Waals surface area (Å²) in [6, 6.07) is 22.8. The number of hydrogen-bond donors (Lipinski definition) is 0. The number of fused-ring (bicyclic) bond motifs is 6. The van der Waals surface area contributed by atoms with Gasteiger partial charge in [-0.3, -0.25) is 4.90 Å².